The largest absolute Gasteiger partial charge is 0.480 e. The molecule has 5 nitrogen and oxygen atoms in total. The number of ether oxygens (including phenoxy) is 1. The summed E-state index contributed by atoms with van der Waals surface area (Å²) in [5, 5.41) is 7.78. The van der Waals surface area contributed by atoms with Crippen LogP contribution in [0.2, 0.25) is 0 Å². The number of aromatic nitrogens is 2. The molecule has 16 heavy (non-hydrogen) atoms. The van der Waals surface area contributed by atoms with Crippen LogP contribution < -0.4 is 9.64 Å². The molecule has 1 atom stereocenters. The molecule has 1 fully saturated rings. The van der Waals surface area contributed by atoms with Crippen molar-refractivity contribution in [1.29, 1.82) is 0 Å². The molecule has 0 N–H and O–H groups in total. The predicted molar refractivity (Wildman–Crippen MR) is 59.2 cm³/mol. The Morgan fingerprint density at radius 2 is 2.38 bits per heavy atom. The van der Waals surface area contributed by atoms with E-state index in [1.54, 1.807) is 23.1 Å². The number of anilines is 1. The second-order valence-corrected chi connectivity index (χ2v) is 3.64. The maximum atomic E-state index is 11.7. The molecule has 2 rings (SSSR count). The lowest BCUT2D eigenvalue weighted by atomic mass is 10.1. The van der Waals surface area contributed by atoms with Crippen molar-refractivity contribution in [1.82, 2.24) is 10.2 Å². The van der Waals surface area contributed by atoms with Crippen LogP contribution in [0.5, 0.6) is 5.88 Å². The van der Waals surface area contributed by atoms with E-state index in [2.05, 4.69) is 16.8 Å². The van der Waals surface area contributed by atoms with Gasteiger partial charge in [-0.1, -0.05) is 6.08 Å². The lowest BCUT2D eigenvalue weighted by Crippen LogP contribution is -2.25. The van der Waals surface area contributed by atoms with Crippen LogP contribution in [0.15, 0.2) is 24.8 Å². The highest BCUT2D eigenvalue weighted by Gasteiger charge is 2.29. The SMILES string of the molecule is C=CC1CC(=O)N(c2ccc(OC)nn2)C1. The quantitative estimate of drug-likeness (QED) is 0.712. The lowest BCUT2D eigenvalue weighted by Gasteiger charge is -2.13. The van der Waals surface area contributed by atoms with Gasteiger partial charge in [-0.05, 0) is 6.07 Å². The Balaban J connectivity index is 2.17. The molecule has 5 heteroatoms. The number of amides is 1. The Morgan fingerprint density at radius 1 is 1.56 bits per heavy atom. The Hall–Kier alpha value is -1.91. The minimum absolute atomic E-state index is 0.0596. The molecular formula is C11H13N3O2. The number of methoxy groups -OCH3 is 1. The van der Waals surface area contributed by atoms with Crippen molar-refractivity contribution < 1.29 is 9.53 Å². The van der Waals surface area contributed by atoms with Crippen molar-refractivity contribution in [3.63, 3.8) is 0 Å². The third-order valence-corrected chi connectivity index (χ3v) is 2.60. The van der Waals surface area contributed by atoms with Gasteiger partial charge in [0.1, 0.15) is 0 Å². The number of rotatable bonds is 3. The maximum Gasteiger partial charge on any atom is 0.233 e. The van der Waals surface area contributed by atoms with Gasteiger partial charge in [-0.2, -0.15) is 0 Å². The Labute approximate surface area is 93.7 Å². The van der Waals surface area contributed by atoms with E-state index in [9.17, 15) is 4.79 Å². The van der Waals surface area contributed by atoms with E-state index in [1.807, 2.05) is 0 Å². The summed E-state index contributed by atoms with van der Waals surface area (Å²) in [4.78, 5) is 13.3. The summed E-state index contributed by atoms with van der Waals surface area (Å²) < 4.78 is 4.91. The van der Waals surface area contributed by atoms with Gasteiger partial charge >= 0.3 is 0 Å². The van der Waals surface area contributed by atoms with Crippen LogP contribution in [0.3, 0.4) is 0 Å². The second kappa shape index (κ2) is 4.30. The zero-order valence-electron chi connectivity index (χ0n) is 9.09. The standard InChI is InChI=1S/C11H13N3O2/c1-3-8-6-11(15)14(7-8)9-4-5-10(16-2)13-12-9/h3-5,8H,1,6-7H2,2H3. The molecule has 0 aliphatic carbocycles. The zero-order chi connectivity index (χ0) is 11.5. The molecule has 0 aromatic carbocycles. The van der Waals surface area contributed by atoms with Crippen LogP contribution in [-0.2, 0) is 4.79 Å². The van der Waals surface area contributed by atoms with E-state index in [1.165, 1.54) is 7.11 Å². The highest BCUT2D eigenvalue weighted by molar-refractivity contribution is 5.94. The summed E-state index contributed by atoms with van der Waals surface area (Å²) in [5.74, 6) is 1.27. The monoisotopic (exact) mass is 219 g/mol. The molecule has 1 aliphatic heterocycles. The van der Waals surface area contributed by atoms with Gasteiger partial charge in [0.2, 0.25) is 11.8 Å². The van der Waals surface area contributed by atoms with Crippen LogP contribution in [0.1, 0.15) is 6.42 Å². The number of hydrogen-bond donors (Lipinski definition) is 0. The maximum absolute atomic E-state index is 11.7. The molecule has 1 aromatic rings. The van der Waals surface area contributed by atoms with E-state index < -0.39 is 0 Å². The number of carbonyl (C=O) groups is 1. The molecule has 1 amide bonds. The van der Waals surface area contributed by atoms with Crippen molar-refractivity contribution in [2.24, 2.45) is 5.92 Å². The number of nitrogens with zero attached hydrogens (tertiary/aromatic N) is 3. The highest BCUT2D eigenvalue weighted by Crippen LogP contribution is 2.23. The van der Waals surface area contributed by atoms with E-state index in [0.29, 0.717) is 24.7 Å². The Morgan fingerprint density at radius 3 is 2.88 bits per heavy atom. The van der Waals surface area contributed by atoms with Crippen molar-refractivity contribution in [2.45, 2.75) is 6.42 Å². The molecule has 84 valence electrons. The molecule has 1 unspecified atom stereocenters. The molecule has 0 spiro atoms. The summed E-state index contributed by atoms with van der Waals surface area (Å²) in [6.45, 7) is 4.33. The summed E-state index contributed by atoms with van der Waals surface area (Å²) in [6, 6.07) is 3.42. The first-order valence-corrected chi connectivity index (χ1v) is 5.05. The summed E-state index contributed by atoms with van der Waals surface area (Å²) in [7, 11) is 1.53. The molecule has 0 radical (unpaired) electrons. The molecule has 1 aliphatic rings. The first kappa shape index (κ1) is 10.6. The molecule has 2 heterocycles. The summed E-state index contributed by atoms with van der Waals surface area (Å²) in [5.41, 5.74) is 0. The molecule has 1 aromatic heterocycles. The number of carbonyl (C=O) groups excluding carboxylic acids is 1. The van der Waals surface area contributed by atoms with E-state index in [-0.39, 0.29) is 11.8 Å². The summed E-state index contributed by atoms with van der Waals surface area (Å²) in [6.07, 6.45) is 2.30. The average Bonchev–Trinajstić information content (AvgIpc) is 2.71. The normalized spacial score (nSPS) is 19.9. The third kappa shape index (κ3) is 1.88. The average molecular weight is 219 g/mol. The third-order valence-electron chi connectivity index (χ3n) is 2.60. The lowest BCUT2D eigenvalue weighted by molar-refractivity contribution is -0.117. The van der Waals surface area contributed by atoms with Gasteiger partial charge in [-0.3, -0.25) is 9.69 Å². The summed E-state index contributed by atoms with van der Waals surface area (Å²) >= 11 is 0. The predicted octanol–water partition coefficient (Wildman–Crippen LogP) is 1.02. The van der Waals surface area contributed by atoms with Gasteiger partial charge in [-0.25, -0.2) is 0 Å². The minimum atomic E-state index is 0.0596. The Bertz CT molecular complexity index is 402. The van der Waals surface area contributed by atoms with Crippen molar-refractivity contribution >= 4 is 11.7 Å². The zero-order valence-corrected chi connectivity index (χ0v) is 9.09. The van der Waals surface area contributed by atoms with Gasteiger partial charge in [0.15, 0.2) is 5.82 Å². The first-order chi connectivity index (χ1) is 7.74. The fourth-order valence-electron chi connectivity index (χ4n) is 1.68. The first-order valence-electron chi connectivity index (χ1n) is 5.05. The fourth-order valence-corrected chi connectivity index (χ4v) is 1.68. The smallest absolute Gasteiger partial charge is 0.233 e. The van der Waals surface area contributed by atoms with Gasteiger partial charge in [0, 0.05) is 24.9 Å². The van der Waals surface area contributed by atoms with E-state index >= 15 is 0 Å². The van der Waals surface area contributed by atoms with Crippen LogP contribution in [-0.4, -0.2) is 29.8 Å². The van der Waals surface area contributed by atoms with Gasteiger partial charge in [0.25, 0.3) is 0 Å². The number of hydrogen-bond acceptors (Lipinski definition) is 4. The van der Waals surface area contributed by atoms with Crippen molar-refractivity contribution in [2.75, 3.05) is 18.6 Å². The van der Waals surface area contributed by atoms with Crippen molar-refractivity contribution in [3.8, 4) is 5.88 Å². The fraction of sp³-hybridized carbons (Fsp3) is 0.364. The van der Waals surface area contributed by atoms with Crippen LogP contribution in [0, 0.1) is 5.92 Å². The molecular weight excluding hydrogens is 206 g/mol. The van der Waals surface area contributed by atoms with Crippen LogP contribution in [0.25, 0.3) is 0 Å². The Kier molecular flexibility index (Phi) is 2.85. The van der Waals surface area contributed by atoms with Crippen LogP contribution in [0.4, 0.5) is 5.82 Å². The second-order valence-electron chi connectivity index (χ2n) is 3.64. The van der Waals surface area contributed by atoms with Crippen molar-refractivity contribution in [3.05, 3.63) is 24.8 Å². The van der Waals surface area contributed by atoms with E-state index in [0.717, 1.165) is 0 Å². The molecule has 0 bridgehead atoms. The van der Waals surface area contributed by atoms with Gasteiger partial charge in [0.05, 0.1) is 7.11 Å². The van der Waals surface area contributed by atoms with E-state index in [4.69, 9.17) is 4.74 Å². The van der Waals surface area contributed by atoms with Gasteiger partial charge in [-0.15, -0.1) is 16.8 Å². The highest BCUT2D eigenvalue weighted by atomic mass is 16.5. The van der Waals surface area contributed by atoms with Gasteiger partial charge < -0.3 is 4.74 Å². The molecule has 1 saturated heterocycles. The topological polar surface area (TPSA) is 55.3 Å². The van der Waals surface area contributed by atoms with Crippen LogP contribution >= 0.6 is 0 Å². The minimum Gasteiger partial charge on any atom is -0.480 e. The molecule has 0 saturated carbocycles.